The van der Waals surface area contributed by atoms with E-state index in [9.17, 15) is 10.1 Å². The van der Waals surface area contributed by atoms with Crippen molar-refractivity contribution in [1.29, 1.82) is 0 Å². The standard InChI is InChI=1S/C14H15N3O3/c18-17(19)13-1-2-14(11-5-8-16-9-12(11)13)20-10-3-6-15-7-4-10/h1-2,5,8-10,15H,3-4,6-7H2. The van der Waals surface area contributed by atoms with E-state index in [2.05, 4.69) is 10.3 Å². The molecule has 0 atom stereocenters. The van der Waals surface area contributed by atoms with Gasteiger partial charge in [0.15, 0.2) is 0 Å². The van der Waals surface area contributed by atoms with Crippen molar-refractivity contribution in [1.82, 2.24) is 10.3 Å². The molecule has 1 aliphatic rings. The number of ether oxygens (including phenoxy) is 1. The van der Waals surface area contributed by atoms with Crippen LogP contribution in [0, 0.1) is 10.1 Å². The molecule has 1 aromatic heterocycles. The number of nitro groups is 1. The summed E-state index contributed by atoms with van der Waals surface area (Å²) in [7, 11) is 0. The molecule has 1 saturated heterocycles. The molecule has 20 heavy (non-hydrogen) atoms. The summed E-state index contributed by atoms with van der Waals surface area (Å²) in [6.07, 6.45) is 5.20. The number of piperidine rings is 1. The van der Waals surface area contributed by atoms with Crippen molar-refractivity contribution < 1.29 is 9.66 Å². The molecular weight excluding hydrogens is 258 g/mol. The van der Waals surface area contributed by atoms with Crippen LogP contribution in [0.1, 0.15) is 12.8 Å². The zero-order valence-corrected chi connectivity index (χ0v) is 10.9. The number of non-ortho nitro benzene ring substituents is 1. The van der Waals surface area contributed by atoms with Crippen molar-refractivity contribution in [3.8, 4) is 5.75 Å². The van der Waals surface area contributed by atoms with Gasteiger partial charge in [0.1, 0.15) is 11.9 Å². The highest BCUT2D eigenvalue weighted by Gasteiger charge is 2.19. The third kappa shape index (κ3) is 2.42. The molecule has 6 heteroatoms. The summed E-state index contributed by atoms with van der Waals surface area (Å²) < 4.78 is 6.01. The van der Waals surface area contributed by atoms with E-state index in [1.54, 1.807) is 18.3 Å². The number of pyridine rings is 1. The number of fused-ring (bicyclic) bond motifs is 1. The minimum atomic E-state index is -0.391. The lowest BCUT2D eigenvalue weighted by molar-refractivity contribution is -0.383. The van der Waals surface area contributed by atoms with E-state index in [1.165, 1.54) is 12.3 Å². The molecule has 0 bridgehead atoms. The summed E-state index contributed by atoms with van der Waals surface area (Å²) in [6.45, 7) is 1.88. The van der Waals surface area contributed by atoms with Gasteiger partial charge in [0, 0.05) is 23.8 Å². The van der Waals surface area contributed by atoms with E-state index >= 15 is 0 Å². The molecule has 2 aromatic rings. The molecule has 1 N–H and O–H groups in total. The fourth-order valence-electron chi connectivity index (χ4n) is 2.50. The average Bonchev–Trinajstić information content (AvgIpc) is 2.48. The number of nitrogens with one attached hydrogen (secondary N) is 1. The molecule has 1 aromatic carbocycles. The molecule has 1 aliphatic heterocycles. The van der Waals surface area contributed by atoms with Crippen molar-refractivity contribution in [2.45, 2.75) is 18.9 Å². The van der Waals surface area contributed by atoms with Crippen molar-refractivity contribution in [3.05, 3.63) is 40.7 Å². The van der Waals surface area contributed by atoms with Gasteiger partial charge in [-0.05, 0) is 38.1 Å². The van der Waals surface area contributed by atoms with E-state index in [0.29, 0.717) is 11.1 Å². The van der Waals surface area contributed by atoms with E-state index < -0.39 is 4.92 Å². The Bertz CT molecular complexity index is 639. The summed E-state index contributed by atoms with van der Waals surface area (Å²) in [4.78, 5) is 14.6. The van der Waals surface area contributed by atoms with Crippen LogP contribution in [0.4, 0.5) is 5.69 Å². The summed E-state index contributed by atoms with van der Waals surface area (Å²) in [5.41, 5.74) is 0.0609. The number of rotatable bonds is 3. The second kappa shape index (κ2) is 5.42. The Balaban J connectivity index is 1.99. The molecule has 0 aliphatic carbocycles. The number of aromatic nitrogens is 1. The summed E-state index contributed by atoms with van der Waals surface area (Å²) in [5, 5.41) is 15.6. The molecule has 1 fully saturated rings. The van der Waals surface area contributed by atoms with Crippen molar-refractivity contribution in [3.63, 3.8) is 0 Å². The predicted octanol–water partition coefficient (Wildman–Crippen LogP) is 2.27. The minimum absolute atomic E-state index is 0.0609. The first-order chi connectivity index (χ1) is 9.75. The van der Waals surface area contributed by atoms with Crippen LogP contribution in [0.5, 0.6) is 5.75 Å². The topological polar surface area (TPSA) is 77.3 Å². The Labute approximate surface area is 115 Å². The Morgan fingerprint density at radius 2 is 2.05 bits per heavy atom. The average molecular weight is 273 g/mol. The molecular formula is C14H15N3O3. The van der Waals surface area contributed by atoms with Crippen LogP contribution < -0.4 is 10.1 Å². The Morgan fingerprint density at radius 1 is 1.25 bits per heavy atom. The largest absolute Gasteiger partial charge is 0.490 e. The molecule has 104 valence electrons. The van der Waals surface area contributed by atoms with Gasteiger partial charge in [-0.15, -0.1) is 0 Å². The number of nitrogens with zero attached hydrogens (tertiary/aromatic N) is 2. The molecule has 0 spiro atoms. The first kappa shape index (κ1) is 12.8. The Morgan fingerprint density at radius 3 is 2.80 bits per heavy atom. The lowest BCUT2D eigenvalue weighted by Crippen LogP contribution is -2.34. The van der Waals surface area contributed by atoms with Crippen LogP contribution in [0.15, 0.2) is 30.6 Å². The third-order valence-corrected chi connectivity index (χ3v) is 3.53. The van der Waals surface area contributed by atoms with Gasteiger partial charge in [0.25, 0.3) is 5.69 Å². The fourth-order valence-corrected chi connectivity index (χ4v) is 2.50. The maximum Gasteiger partial charge on any atom is 0.279 e. The first-order valence-corrected chi connectivity index (χ1v) is 6.64. The zero-order chi connectivity index (χ0) is 13.9. The number of nitro benzene ring substituents is 1. The lowest BCUT2D eigenvalue weighted by Gasteiger charge is -2.24. The zero-order valence-electron chi connectivity index (χ0n) is 10.9. The monoisotopic (exact) mass is 273 g/mol. The molecule has 0 saturated carbocycles. The van der Waals surface area contributed by atoms with Crippen LogP contribution in [0.3, 0.4) is 0 Å². The van der Waals surface area contributed by atoms with Gasteiger partial charge in [0.05, 0.1) is 10.3 Å². The van der Waals surface area contributed by atoms with E-state index in [0.717, 1.165) is 31.3 Å². The quantitative estimate of drug-likeness (QED) is 0.685. The number of benzene rings is 1. The molecule has 2 heterocycles. The predicted molar refractivity (Wildman–Crippen MR) is 74.9 cm³/mol. The third-order valence-electron chi connectivity index (χ3n) is 3.53. The Kier molecular flexibility index (Phi) is 3.47. The van der Waals surface area contributed by atoms with Gasteiger partial charge in [-0.25, -0.2) is 0 Å². The highest BCUT2D eigenvalue weighted by molar-refractivity contribution is 5.94. The van der Waals surface area contributed by atoms with Gasteiger partial charge >= 0.3 is 0 Å². The summed E-state index contributed by atoms with van der Waals surface area (Å²) in [5.74, 6) is 0.694. The van der Waals surface area contributed by atoms with Crippen molar-refractivity contribution in [2.24, 2.45) is 0 Å². The smallest absolute Gasteiger partial charge is 0.279 e. The second-order valence-electron chi connectivity index (χ2n) is 4.83. The van der Waals surface area contributed by atoms with Gasteiger partial charge in [-0.3, -0.25) is 15.1 Å². The van der Waals surface area contributed by atoms with Crippen molar-refractivity contribution in [2.75, 3.05) is 13.1 Å². The van der Waals surface area contributed by atoms with Gasteiger partial charge in [0.2, 0.25) is 0 Å². The highest BCUT2D eigenvalue weighted by atomic mass is 16.6. The van der Waals surface area contributed by atoms with E-state index in [4.69, 9.17) is 4.74 Å². The van der Waals surface area contributed by atoms with Gasteiger partial charge < -0.3 is 10.1 Å². The van der Waals surface area contributed by atoms with Gasteiger partial charge in [-0.1, -0.05) is 0 Å². The maximum atomic E-state index is 11.0. The van der Waals surface area contributed by atoms with Gasteiger partial charge in [-0.2, -0.15) is 0 Å². The SMILES string of the molecule is O=[N+]([O-])c1ccc(OC2CCNCC2)c2ccncc12. The van der Waals surface area contributed by atoms with Crippen LogP contribution in [0.25, 0.3) is 10.8 Å². The highest BCUT2D eigenvalue weighted by Crippen LogP contribution is 2.33. The second-order valence-corrected chi connectivity index (χ2v) is 4.83. The Hall–Kier alpha value is -2.21. The molecule has 0 amide bonds. The summed E-state index contributed by atoms with van der Waals surface area (Å²) in [6, 6.07) is 4.93. The maximum absolute atomic E-state index is 11.0. The van der Waals surface area contributed by atoms with Crippen LogP contribution in [-0.4, -0.2) is 29.1 Å². The molecule has 3 rings (SSSR count). The minimum Gasteiger partial charge on any atom is -0.490 e. The normalized spacial score (nSPS) is 16.2. The fraction of sp³-hybridized carbons (Fsp3) is 0.357. The first-order valence-electron chi connectivity index (χ1n) is 6.64. The molecule has 6 nitrogen and oxygen atoms in total. The number of hydrogen-bond donors (Lipinski definition) is 1. The van der Waals surface area contributed by atoms with Crippen molar-refractivity contribution >= 4 is 16.5 Å². The summed E-state index contributed by atoms with van der Waals surface area (Å²) >= 11 is 0. The number of hydrogen-bond acceptors (Lipinski definition) is 5. The van der Waals surface area contributed by atoms with Crippen LogP contribution >= 0.6 is 0 Å². The molecule has 0 unspecified atom stereocenters. The van der Waals surface area contributed by atoms with E-state index in [1.807, 2.05) is 0 Å². The van der Waals surface area contributed by atoms with Crippen LogP contribution in [-0.2, 0) is 0 Å². The lowest BCUT2D eigenvalue weighted by atomic mass is 10.1. The van der Waals surface area contributed by atoms with E-state index in [-0.39, 0.29) is 11.8 Å². The molecule has 0 radical (unpaired) electrons. The van der Waals surface area contributed by atoms with Crippen LogP contribution in [0.2, 0.25) is 0 Å².